The Morgan fingerprint density at radius 2 is 2.09 bits per heavy atom. The molecule has 0 unspecified atom stereocenters. The van der Waals surface area contributed by atoms with Crippen LogP contribution in [-0.2, 0) is 17.6 Å². The number of nitrogens with zero attached hydrogens (tertiary/aromatic N) is 2. The van der Waals surface area contributed by atoms with E-state index in [9.17, 15) is 4.79 Å². The molecule has 2 aromatic rings. The van der Waals surface area contributed by atoms with Gasteiger partial charge in [0.1, 0.15) is 0 Å². The summed E-state index contributed by atoms with van der Waals surface area (Å²) in [5, 5.41) is 7.62. The average molecular weight is 334 g/mol. The van der Waals surface area contributed by atoms with E-state index in [1.807, 2.05) is 24.3 Å². The van der Waals surface area contributed by atoms with Crippen LogP contribution in [0.5, 0.6) is 0 Å². The predicted molar refractivity (Wildman–Crippen MR) is 87.2 cm³/mol. The lowest BCUT2D eigenvalue weighted by atomic mass is 10.1. The van der Waals surface area contributed by atoms with Crippen molar-refractivity contribution in [1.29, 1.82) is 0 Å². The van der Waals surface area contributed by atoms with Crippen molar-refractivity contribution in [1.82, 2.24) is 15.5 Å². The van der Waals surface area contributed by atoms with Crippen LogP contribution in [0.2, 0.25) is 5.02 Å². The fourth-order valence-corrected chi connectivity index (χ4v) is 3.10. The van der Waals surface area contributed by atoms with Gasteiger partial charge in [-0.1, -0.05) is 47.8 Å². The Morgan fingerprint density at radius 1 is 1.30 bits per heavy atom. The van der Waals surface area contributed by atoms with Crippen molar-refractivity contribution in [3.05, 3.63) is 46.6 Å². The molecule has 1 aliphatic carbocycles. The van der Waals surface area contributed by atoms with Gasteiger partial charge in [0.05, 0.1) is 0 Å². The van der Waals surface area contributed by atoms with E-state index in [0.717, 1.165) is 31.2 Å². The van der Waals surface area contributed by atoms with Gasteiger partial charge in [-0.05, 0) is 24.5 Å². The highest BCUT2D eigenvalue weighted by Gasteiger charge is 2.22. The summed E-state index contributed by atoms with van der Waals surface area (Å²) in [4.78, 5) is 16.3. The first-order valence-electron chi connectivity index (χ1n) is 8.05. The molecule has 0 spiro atoms. The van der Waals surface area contributed by atoms with Crippen molar-refractivity contribution < 1.29 is 9.32 Å². The van der Waals surface area contributed by atoms with E-state index >= 15 is 0 Å². The smallest absolute Gasteiger partial charge is 0.228 e. The number of hydrogen-bond acceptors (Lipinski definition) is 4. The molecule has 1 fully saturated rings. The molecule has 122 valence electrons. The van der Waals surface area contributed by atoms with Gasteiger partial charge in [-0.3, -0.25) is 4.79 Å². The highest BCUT2D eigenvalue weighted by Crippen LogP contribution is 2.24. The fraction of sp³-hybridized carbons (Fsp3) is 0.471. The first kappa shape index (κ1) is 16.0. The zero-order valence-corrected chi connectivity index (χ0v) is 13.7. The molecule has 5 nitrogen and oxygen atoms in total. The lowest BCUT2D eigenvalue weighted by Gasteiger charge is -2.08. The number of carbonyl (C=O) groups excluding carboxylic acids is 1. The molecule has 6 heteroatoms. The van der Waals surface area contributed by atoms with Crippen LogP contribution < -0.4 is 5.32 Å². The number of benzene rings is 1. The fourth-order valence-electron chi connectivity index (χ4n) is 2.90. The van der Waals surface area contributed by atoms with Gasteiger partial charge in [-0.15, -0.1) is 0 Å². The van der Waals surface area contributed by atoms with Crippen molar-refractivity contribution in [2.24, 2.45) is 5.92 Å². The number of hydrogen-bond donors (Lipinski definition) is 1. The van der Waals surface area contributed by atoms with E-state index in [1.54, 1.807) is 0 Å². The van der Waals surface area contributed by atoms with Crippen molar-refractivity contribution in [3.8, 4) is 0 Å². The lowest BCUT2D eigenvalue weighted by molar-refractivity contribution is -0.124. The largest absolute Gasteiger partial charge is 0.355 e. The van der Waals surface area contributed by atoms with Gasteiger partial charge in [-0.2, -0.15) is 4.98 Å². The van der Waals surface area contributed by atoms with Gasteiger partial charge >= 0.3 is 0 Å². The molecule has 0 radical (unpaired) electrons. The quantitative estimate of drug-likeness (QED) is 0.881. The molecule has 0 atom stereocenters. The summed E-state index contributed by atoms with van der Waals surface area (Å²) < 4.78 is 5.23. The summed E-state index contributed by atoms with van der Waals surface area (Å²) in [5.41, 5.74) is 0.969. The third-order valence-electron chi connectivity index (χ3n) is 4.18. The van der Waals surface area contributed by atoms with Crippen LogP contribution in [0.3, 0.4) is 0 Å². The van der Waals surface area contributed by atoms with Crippen LogP contribution in [0, 0.1) is 5.92 Å². The summed E-state index contributed by atoms with van der Waals surface area (Å²) in [5.74, 6) is 1.49. The molecule has 1 aromatic heterocycles. The van der Waals surface area contributed by atoms with E-state index in [4.69, 9.17) is 16.1 Å². The maximum absolute atomic E-state index is 11.9. The van der Waals surface area contributed by atoms with E-state index < -0.39 is 0 Å². The highest BCUT2D eigenvalue weighted by molar-refractivity contribution is 6.31. The topological polar surface area (TPSA) is 68.0 Å². The normalized spacial score (nSPS) is 15.0. The van der Waals surface area contributed by atoms with E-state index in [1.165, 1.54) is 0 Å². The number of halogens is 1. The molecule has 0 aliphatic heterocycles. The molecular weight excluding hydrogens is 314 g/mol. The Kier molecular flexibility index (Phi) is 5.28. The SMILES string of the molecule is O=C(NCCc1nc(Cc2ccccc2Cl)no1)C1CCCC1. The Morgan fingerprint density at radius 3 is 2.87 bits per heavy atom. The number of carbonyl (C=O) groups is 1. The first-order chi connectivity index (χ1) is 11.2. The van der Waals surface area contributed by atoms with Crippen LogP contribution in [0.15, 0.2) is 28.8 Å². The molecule has 1 amide bonds. The van der Waals surface area contributed by atoms with Gasteiger partial charge in [0.15, 0.2) is 5.82 Å². The standard InChI is InChI=1S/C17H20ClN3O2/c18-14-8-4-3-7-13(14)11-15-20-16(23-21-15)9-10-19-17(22)12-5-1-2-6-12/h3-4,7-8,12H,1-2,5-6,9-11H2,(H,19,22). The number of rotatable bonds is 6. The Hall–Kier alpha value is -1.88. The second-order valence-electron chi connectivity index (χ2n) is 5.89. The second-order valence-corrected chi connectivity index (χ2v) is 6.30. The average Bonchev–Trinajstić information content (AvgIpc) is 3.21. The molecule has 1 aromatic carbocycles. The highest BCUT2D eigenvalue weighted by atomic mass is 35.5. The molecule has 23 heavy (non-hydrogen) atoms. The van der Waals surface area contributed by atoms with Gasteiger partial charge in [0, 0.05) is 30.3 Å². The third kappa shape index (κ3) is 4.32. The minimum absolute atomic E-state index is 0.151. The predicted octanol–water partition coefficient (Wildman–Crippen LogP) is 3.16. The van der Waals surface area contributed by atoms with Gasteiger partial charge in [0.25, 0.3) is 0 Å². The summed E-state index contributed by atoms with van der Waals surface area (Å²) >= 11 is 6.13. The minimum Gasteiger partial charge on any atom is -0.355 e. The number of nitrogens with one attached hydrogen (secondary N) is 1. The lowest BCUT2D eigenvalue weighted by Crippen LogP contribution is -2.30. The van der Waals surface area contributed by atoms with Crippen LogP contribution in [0.25, 0.3) is 0 Å². The van der Waals surface area contributed by atoms with Crippen molar-refractivity contribution >= 4 is 17.5 Å². The monoisotopic (exact) mass is 333 g/mol. The van der Waals surface area contributed by atoms with Gasteiger partial charge in [0.2, 0.25) is 11.8 Å². The Bertz CT molecular complexity index is 665. The Balaban J connectivity index is 1.47. The molecule has 3 rings (SSSR count). The maximum Gasteiger partial charge on any atom is 0.228 e. The molecular formula is C17H20ClN3O2. The number of aromatic nitrogens is 2. The summed E-state index contributed by atoms with van der Waals surface area (Å²) in [6.45, 7) is 0.531. The molecule has 1 aliphatic rings. The molecule has 0 saturated heterocycles. The van der Waals surface area contributed by atoms with E-state index in [-0.39, 0.29) is 11.8 Å². The van der Waals surface area contributed by atoms with E-state index in [2.05, 4.69) is 15.5 Å². The first-order valence-corrected chi connectivity index (χ1v) is 8.43. The molecule has 0 bridgehead atoms. The zero-order valence-electron chi connectivity index (χ0n) is 12.9. The van der Waals surface area contributed by atoms with Crippen LogP contribution in [-0.4, -0.2) is 22.6 Å². The van der Waals surface area contributed by atoms with Gasteiger partial charge in [-0.25, -0.2) is 0 Å². The molecule has 1 N–H and O–H groups in total. The summed E-state index contributed by atoms with van der Waals surface area (Å²) in [6.07, 6.45) is 5.43. The molecule has 1 saturated carbocycles. The summed E-state index contributed by atoms with van der Waals surface area (Å²) in [6, 6.07) is 7.61. The van der Waals surface area contributed by atoms with Crippen LogP contribution in [0.4, 0.5) is 0 Å². The van der Waals surface area contributed by atoms with Gasteiger partial charge < -0.3 is 9.84 Å². The number of amides is 1. The summed E-state index contributed by atoms with van der Waals surface area (Å²) in [7, 11) is 0. The van der Waals surface area contributed by atoms with Crippen molar-refractivity contribution in [3.63, 3.8) is 0 Å². The van der Waals surface area contributed by atoms with Crippen molar-refractivity contribution in [2.75, 3.05) is 6.54 Å². The zero-order chi connectivity index (χ0) is 16.1. The Labute approximate surface area is 140 Å². The van der Waals surface area contributed by atoms with Crippen LogP contribution >= 0.6 is 11.6 Å². The van der Waals surface area contributed by atoms with Crippen molar-refractivity contribution in [2.45, 2.75) is 38.5 Å². The minimum atomic E-state index is 0.151. The third-order valence-corrected chi connectivity index (χ3v) is 4.55. The second kappa shape index (κ2) is 7.59. The van der Waals surface area contributed by atoms with E-state index in [0.29, 0.717) is 36.1 Å². The maximum atomic E-state index is 11.9. The molecule has 1 heterocycles. The van der Waals surface area contributed by atoms with Crippen LogP contribution in [0.1, 0.15) is 43.0 Å².